The molecule has 0 saturated heterocycles. The summed E-state index contributed by atoms with van der Waals surface area (Å²) in [6.45, 7) is 6.30. The van der Waals surface area contributed by atoms with Gasteiger partial charge in [0, 0.05) is 16.2 Å². The molecular weight excluding hydrogens is 259 g/mol. The van der Waals surface area contributed by atoms with Crippen LogP contribution in [0.25, 0.3) is 0 Å². The minimum atomic E-state index is -4.31. The number of thioether (sulfide) groups is 1. The first-order valence-corrected chi connectivity index (χ1v) is 6.60. The smallest absolute Gasteiger partial charge is 0.326 e. The molecule has 0 amide bonds. The van der Waals surface area contributed by atoms with Crippen LogP contribution in [-0.4, -0.2) is 4.75 Å². The fourth-order valence-electron chi connectivity index (χ4n) is 1.38. The largest absolute Gasteiger partial charge is 0.416 e. The van der Waals surface area contributed by atoms with Gasteiger partial charge in [-0.05, 0) is 30.2 Å². The van der Waals surface area contributed by atoms with Gasteiger partial charge in [-0.15, -0.1) is 11.8 Å². The summed E-state index contributed by atoms with van der Waals surface area (Å²) in [5.41, 5.74) is 5.46. The third kappa shape index (κ3) is 3.92. The SMILES string of the molecule is CCC(C)(C)Sc1ccc(C(F)(F)F)cc1CN. The van der Waals surface area contributed by atoms with Crippen molar-refractivity contribution in [3.05, 3.63) is 29.3 Å². The zero-order valence-corrected chi connectivity index (χ0v) is 11.6. The lowest BCUT2D eigenvalue weighted by Crippen LogP contribution is -2.14. The van der Waals surface area contributed by atoms with E-state index in [2.05, 4.69) is 20.8 Å². The first-order valence-electron chi connectivity index (χ1n) is 5.79. The third-order valence-electron chi connectivity index (χ3n) is 2.85. The second-order valence-corrected chi connectivity index (χ2v) is 6.49. The third-order valence-corrected chi connectivity index (χ3v) is 4.30. The van der Waals surface area contributed by atoms with Gasteiger partial charge in [0.25, 0.3) is 0 Å². The molecule has 1 nitrogen and oxygen atoms in total. The predicted octanol–water partition coefficient (Wildman–Crippen LogP) is 4.44. The number of halogens is 3. The van der Waals surface area contributed by atoms with Crippen molar-refractivity contribution in [1.29, 1.82) is 0 Å². The highest BCUT2D eigenvalue weighted by molar-refractivity contribution is 8.00. The van der Waals surface area contributed by atoms with Crippen molar-refractivity contribution in [2.75, 3.05) is 0 Å². The van der Waals surface area contributed by atoms with E-state index in [-0.39, 0.29) is 11.3 Å². The van der Waals surface area contributed by atoms with Crippen molar-refractivity contribution >= 4 is 11.8 Å². The summed E-state index contributed by atoms with van der Waals surface area (Å²) in [6, 6.07) is 3.79. The molecule has 0 bridgehead atoms. The fraction of sp³-hybridized carbons (Fsp3) is 0.538. The molecule has 0 aromatic heterocycles. The number of nitrogens with two attached hydrogens (primary N) is 1. The molecule has 1 aromatic carbocycles. The van der Waals surface area contributed by atoms with Crippen LogP contribution < -0.4 is 5.73 Å². The standard InChI is InChI=1S/C13H18F3NS/c1-4-12(2,3)18-11-6-5-10(13(14,15)16)7-9(11)8-17/h5-7H,4,8,17H2,1-3H3. The van der Waals surface area contributed by atoms with E-state index in [1.807, 2.05) is 0 Å². The van der Waals surface area contributed by atoms with Gasteiger partial charge in [-0.2, -0.15) is 13.2 Å². The van der Waals surface area contributed by atoms with Crippen molar-refractivity contribution in [2.45, 2.75) is 49.6 Å². The van der Waals surface area contributed by atoms with Gasteiger partial charge in [-0.1, -0.05) is 20.8 Å². The second kappa shape index (κ2) is 5.53. The predicted molar refractivity (Wildman–Crippen MR) is 69.6 cm³/mol. The summed E-state index contributed by atoms with van der Waals surface area (Å²) >= 11 is 1.57. The minimum absolute atomic E-state index is 0.0102. The van der Waals surface area contributed by atoms with Gasteiger partial charge in [-0.25, -0.2) is 0 Å². The van der Waals surface area contributed by atoms with Crippen LogP contribution in [0.1, 0.15) is 38.3 Å². The van der Waals surface area contributed by atoms with Gasteiger partial charge < -0.3 is 5.73 Å². The van der Waals surface area contributed by atoms with Gasteiger partial charge in [0.1, 0.15) is 0 Å². The summed E-state index contributed by atoms with van der Waals surface area (Å²) in [5, 5.41) is 0. The zero-order chi connectivity index (χ0) is 14.0. The Morgan fingerprint density at radius 1 is 1.22 bits per heavy atom. The van der Waals surface area contributed by atoms with E-state index in [4.69, 9.17) is 5.73 Å². The molecule has 0 radical (unpaired) electrons. The molecule has 2 N–H and O–H groups in total. The van der Waals surface area contributed by atoms with Crippen LogP contribution in [0.5, 0.6) is 0 Å². The number of rotatable bonds is 4. The van der Waals surface area contributed by atoms with Gasteiger partial charge in [0.15, 0.2) is 0 Å². The molecule has 0 aliphatic rings. The minimum Gasteiger partial charge on any atom is -0.326 e. The van der Waals surface area contributed by atoms with Crippen LogP contribution in [0.15, 0.2) is 23.1 Å². The first kappa shape index (κ1) is 15.4. The maximum Gasteiger partial charge on any atom is 0.416 e. The van der Waals surface area contributed by atoms with Gasteiger partial charge in [0.2, 0.25) is 0 Å². The Kier molecular flexibility index (Phi) is 4.72. The van der Waals surface area contributed by atoms with Crippen LogP contribution in [0.2, 0.25) is 0 Å². The van der Waals surface area contributed by atoms with Crippen molar-refractivity contribution in [3.8, 4) is 0 Å². The van der Waals surface area contributed by atoms with Gasteiger partial charge in [0.05, 0.1) is 5.56 Å². The lowest BCUT2D eigenvalue weighted by atomic mass is 10.1. The second-order valence-electron chi connectivity index (χ2n) is 4.74. The average Bonchev–Trinajstić information content (AvgIpc) is 2.27. The van der Waals surface area contributed by atoms with Crippen LogP contribution in [0.3, 0.4) is 0 Å². The van der Waals surface area contributed by atoms with Crippen LogP contribution in [-0.2, 0) is 12.7 Å². The van der Waals surface area contributed by atoms with Crippen molar-refractivity contribution < 1.29 is 13.2 Å². The van der Waals surface area contributed by atoms with Gasteiger partial charge in [-0.3, -0.25) is 0 Å². The van der Waals surface area contributed by atoms with Crippen molar-refractivity contribution in [1.82, 2.24) is 0 Å². The molecular formula is C13H18F3NS. The van der Waals surface area contributed by atoms with E-state index in [0.29, 0.717) is 5.56 Å². The van der Waals surface area contributed by atoms with Crippen molar-refractivity contribution in [3.63, 3.8) is 0 Å². The highest BCUT2D eigenvalue weighted by Gasteiger charge is 2.31. The van der Waals surface area contributed by atoms with E-state index in [1.54, 1.807) is 11.8 Å². The highest BCUT2D eigenvalue weighted by atomic mass is 32.2. The molecule has 0 heterocycles. The molecule has 0 atom stereocenters. The van der Waals surface area contributed by atoms with Crippen LogP contribution in [0, 0.1) is 0 Å². The summed E-state index contributed by atoms with van der Waals surface area (Å²) in [4.78, 5) is 0.831. The lowest BCUT2D eigenvalue weighted by Gasteiger charge is -2.23. The number of hydrogen-bond donors (Lipinski definition) is 1. The summed E-state index contributed by atoms with van der Waals surface area (Å²) < 4.78 is 37.8. The molecule has 102 valence electrons. The molecule has 0 aliphatic heterocycles. The van der Waals surface area contributed by atoms with Gasteiger partial charge >= 0.3 is 6.18 Å². The number of hydrogen-bond acceptors (Lipinski definition) is 2. The quantitative estimate of drug-likeness (QED) is 0.823. The summed E-state index contributed by atoms with van der Waals surface area (Å²) in [5.74, 6) is 0. The molecule has 18 heavy (non-hydrogen) atoms. The molecule has 0 saturated carbocycles. The monoisotopic (exact) mass is 277 g/mol. The Labute approximate surface area is 110 Å². The Morgan fingerprint density at radius 2 is 1.83 bits per heavy atom. The highest BCUT2D eigenvalue weighted by Crippen LogP contribution is 2.39. The Balaban J connectivity index is 3.09. The maximum atomic E-state index is 12.6. The van der Waals surface area contributed by atoms with E-state index in [0.717, 1.165) is 23.4 Å². The van der Waals surface area contributed by atoms with E-state index < -0.39 is 11.7 Å². The lowest BCUT2D eigenvalue weighted by molar-refractivity contribution is -0.137. The van der Waals surface area contributed by atoms with Crippen LogP contribution in [0.4, 0.5) is 13.2 Å². The fourth-order valence-corrected chi connectivity index (χ4v) is 2.53. The molecule has 0 aliphatic carbocycles. The van der Waals surface area contributed by atoms with E-state index in [1.165, 1.54) is 6.07 Å². The average molecular weight is 277 g/mol. The summed E-state index contributed by atoms with van der Waals surface area (Å²) in [7, 11) is 0. The molecule has 0 unspecified atom stereocenters. The van der Waals surface area contributed by atoms with Crippen LogP contribution >= 0.6 is 11.8 Å². The Bertz CT molecular complexity index is 413. The maximum absolute atomic E-state index is 12.6. The molecule has 5 heteroatoms. The molecule has 0 fully saturated rings. The van der Waals surface area contributed by atoms with E-state index in [9.17, 15) is 13.2 Å². The first-order chi connectivity index (χ1) is 8.19. The molecule has 1 aromatic rings. The zero-order valence-electron chi connectivity index (χ0n) is 10.8. The number of benzene rings is 1. The number of alkyl halides is 3. The Morgan fingerprint density at radius 3 is 2.28 bits per heavy atom. The van der Waals surface area contributed by atoms with E-state index >= 15 is 0 Å². The Hall–Kier alpha value is -0.680. The topological polar surface area (TPSA) is 26.0 Å². The summed E-state index contributed by atoms with van der Waals surface area (Å²) in [6.07, 6.45) is -3.38. The molecule has 0 spiro atoms. The normalized spacial score (nSPS) is 12.8. The molecule has 1 rings (SSSR count). The van der Waals surface area contributed by atoms with Crippen molar-refractivity contribution in [2.24, 2.45) is 5.73 Å².